The largest absolute Gasteiger partial charge is 0.453 e. The van der Waals surface area contributed by atoms with Gasteiger partial charge in [-0.05, 0) is 55.5 Å². The number of alkyl carbamates (subject to hydrolysis) is 1. The van der Waals surface area contributed by atoms with E-state index in [1.165, 1.54) is 7.11 Å². The predicted octanol–water partition coefficient (Wildman–Crippen LogP) is 7.11. The smallest absolute Gasteiger partial charge is 0.407 e. The number of para-hydroxylation sites is 1. The summed E-state index contributed by atoms with van der Waals surface area (Å²) in [5.41, 5.74) is 8.90. The average Bonchev–Trinajstić information content (AvgIpc) is 3.94. The Morgan fingerprint density at radius 1 is 0.920 bits per heavy atom. The van der Waals surface area contributed by atoms with E-state index in [0.29, 0.717) is 12.4 Å². The quantitative estimate of drug-likeness (QED) is 0.138. The van der Waals surface area contributed by atoms with Gasteiger partial charge < -0.3 is 35.1 Å². The zero-order valence-corrected chi connectivity index (χ0v) is 29.2. The summed E-state index contributed by atoms with van der Waals surface area (Å²) in [6, 6.07) is 22.1. The molecule has 2 aliphatic rings. The molecule has 1 saturated heterocycles. The molecule has 0 unspecified atom stereocenters. The number of imidazole rings is 2. The number of hydrogen-bond donors (Lipinski definition) is 4. The Morgan fingerprint density at radius 3 is 2.30 bits per heavy atom. The summed E-state index contributed by atoms with van der Waals surface area (Å²) in [6.07, 6.45) is 5.35. The van der Waals surface area contributed by atoms with Crippen molar-refractivity contribution in [3.63, 3.8) is 0 Å². The van der Waals surface area contributed by atoms with Crippen molar-refractivity contribution in [3.8, 4) is 33.6 Å². The van der Waals surface area contributed by atoms with E-state index in [0.717, 1.165) is 75.8 Å². The highest BCUT2D eigenvalue weighted by atomic mass is 16.5. The minimum absolute atomic E-state index is 0.178. The first-order valence-corrected chi connectivity index (χ1v) is 17.3. The van der Waals surface area contributed by atoms with E-state index in [4.69, 9.17) is 9.72 Å². The lowest BCUT2D eigenvalue weighted by molar-refractivity contribution is -0.137. The Kier molecular flexibility index (Phi) is 9.16. The first-order valence-electron chi connectivity index (χ1n) is 17.3. The van der Waals surface area contributed by atoms with Crippen molar-refractivity contribution in [2.75, 3.05) is 25.6 Å². The van der Waals surface area contributed by atoms with Gasteiger partial charge in [0.05, 0.1) is 48.7 Å². The summed E-state index contributed by atoms with van der Waals surface area (Å²) in [5.74, 6) is 1.27. The molecule has 2 amide bonds. The minimum atomic E-state index is -0.791. The lowest BCUT2D eigenvalue weighted by Gasteiger charge is -2.36. The van der Waals surface area contributed by atoms with Crippen molar-refractivity contribution in [2.45, 2.75) is 58.3 Å². The molecule has 3 atom stereocenters. The molecule has 0 saturated carbocycles. The van der Waals surface area contributed by atoms with Gasteiger partial charge >= 0.3 is 6.09 Å². The summed E-state index contributed by atoms with van der Waals surface area (Å²) in [5, 5.41) is 6.29. The molecule has 4 heterocycles. The van der Waals surface area contributed by atoms with Gasteiger partial charge in [0, 0.05) is 36.0 Å². The van der Waals surface area contributed by atoms with Crippen LogP contribution in [-0.2, 0) is 16.1 Å². The van der Waals surface area contributed by atoms with Crippen LogP contribution in [0.1, 0.15) is 62.9 Å². The highest BCUT2D eigenvalue weighted by Crippen LogP contribution is 2.44. The number of methoxy groups -OCH3 is 1. The monoisotopic (exact) mass is 672 g/mol. The highest BCUT2D eigenvalue weighted by molar-refractivity contribution is 5.91. The van der Waals surface area contributed by atoms with Crippen molar-refractivity contribution >= 4 is 23.4 Å². The molecule has 11 heteroatoms. The molecular weight excluding hydrogens is 628 g/mol. The molecule has 7 rings (SSSR count). The van der Waals surface area contributed by atoms with E-state index < -0.39 is 12.1 Å². The number of rotatable bonds is 8. The van der Waals surface area contributed by atoms with E-state index in [1.807, 2.05) is 56.3 Å². The van der Waals surface area contributed by atoms with Gasteiger partial charge in [-0.3, -0.25) is 4.79 Å². The lowest BCUT2D eigenvalue weighted by Crippen LogP contribution is -2.51. The molecule has 258 valence electrons. The molecule has 50 heavy (non-hydrogen) atoms. The van der Waals surface area contributed by atoms with Crippen LogP contribution >= 0.6 is 0 Å². The number of benzene rings is 3. The zero-order valence-electron chi connectivity index (χ0n) is 29.2. The first kappa shape index (κ1) is 33.1. The average molecular weight is 673 g/mol. The summed E-state index contributed by atoms with van der Waals surface area (Å²) < 4.78 is 4.89. The van der Waals surface area contributed by atoms with Crippen LogP contribution in [0, 0.1) is 5.92 Å². The number of ether oxygens (including phenoxy) is 1. The van der Waals surface area contributed by atoms with Gasteiger partial charge in [-0.1, -0.05) is 68.4 Å². The standard InChI is InChI=1S/C39H44N8O3/c1-23(2)34(45-39(49)50-5)38(48)47-22-30-29(33-21-41-36(44-33)24(47)3)18-17-28(35(30)46(4)27-10-7-6-8-11-27)25-13-15-26(16-14-25)32-20-42-37(43-32)31-12-9-19-40-31/h6-8,10-11,13-18,20-21,23-24,31,34,40H,9,12,19,22H2,1-5H3,(H,41,44)(H,42,43)(H,45,49)/t24-,31-,34-/m0/s1. The fourth-order valence-corrected chi connectivity index (χ4v) is 7.14. The second kappa shape index (κ2) is 13.8. The van der Waals surface area contributed by atoms with Crippen molar-refractivity contribution in [1.29, 1.82) is 0 Å². The second-order valence-electron chi connectivity index (χ2n) is 13.5. The van der Waals surface area contributed by atoms with E-state index >= 15 is 0 Å². The number of anilines is 2. The van der Waals surface area contributed by atoms with E-state index in [2.05, 4.69) is 86.1 Å². The maximum Gasteiger partial charge on any atom is 0.407 e. The third-order valence-electron chi connectivity index (χ3n) is 10.0. The molecule has 0 spiro atoms. The Labute approximate surface area is 292 Å². The third-order valence-corrected chi connectivity index (χ3v) is 10.0. The number of hydrogen-bond acceptors (Lipinski definition) is 7. The van der Waals surface area contributed by atoms with Crippen LogP contribution in [0.4, 0.5) is 16.2 Å². The van der Waals surface area contributed by atoms with Gasteiger partial charge in [0.2, 0.25) is 5.91 Å². The molecule has 11 nitrogen and oxygen atoms in total. The Balaban J connectivity index is 1.34. The lowest BCUT2D eigenvalue weighted by atomic mass is 9.91. The molecule has 2 aromatic heterocycles. The number of nitrogens with one attached hydrogen (secondary N) is 4. The van der Waals surface area contributed by atoms with Crippen LogP contribution in [0.25, 0.3) is 33.6 Å². The normalized spacial score (nSPS) is 17.5. The Morgan fingerprint density at radius 2 is 1.60 bits per heavy atom. The van der Waals surface area contributed by atoms with Crippen LogP contribution in [0.3, 0.4) is 0 Å². The van der Waals surface area contributed by atoms with Crippen molar-refractivity contribution in [1.82, 2.24) is 35.5 Å². The minimum Gasteiger partial charge on any atom is -0.453 e. The Hall–Kier alpha value is -5.42. The number of amides is 2. The number of carbonyl (C=O) groups excluding carboxylic acids is 2. The number of H-pyrrole nitrogens is 2. The maximum absolute atomic E-state index is 14.4. The molecule has 0 aliphatic carbocycles. The number of nitrogens with zero attached hydrogens (tertiary/aromatic N) is 4. The van der Waals surface area contributed by atoms with E-state index in [-0.39, 0.29) is 23.9 Å². The molecule has 0 radical (unpaired) electrons. The summed E-state index contributed by atoms with van der Waals surface area (Å²) >= 11 is 0. The second-order valence-corrected chi connectivity index (χ2v) is 13.5. The van der Waals surface area contributed by atoms with Gasteiger partial charge in [-0.2, -0.15) is 0 Å². The highest BCUT2D eigenvalue weighted by Gasteiger charge is 2.36. The molecule has 3 aromatic carbocycles. The van der Waals surface area contributed by atoms with Crippen LogP contribution < -0.4 is 15.5 Å². The molecule has 2 bridgehead atoms. The van der Waals surface area contributed by atoms with Gasteiger partial charge in [-0.15, -0.1) is 0 Å². The molecule has 1 fully saturated rings. The van der Waals surface area contributed by atoms with Gasteiger partial charge in [0.15, 0.2) is 0 Å². The van der Waals surface area contributed by atoms with Crippen molar-refractivity contribution < 1.29 is 14.3 Å². The topological polar surface area (TPSA) is 131 Å². The van der Waals surface area contributed by atoms with Crippen molar-refractivity contribution in [3.05, 3.63) is 96.3 Å². The molecule has 2 aliphatic heterocycles. The Bertz CT molecular complexity index is 1980. The first-order chi connectivity index (χ1) is 24.2. The predicted molar refractivity (Wildman–Crippen MR) is 195 cm³/mol. The van der Waals surface area contributed by atoms with Crippen LogP contribution in [0.2, 0.25) is 0 Å². The van der Waals surface area contributed by atoms with Crippen molar-refractivity contribution in [2.24, 2.45) is 5.92 Å². The van der Waals surface area contributed by atoms with Crippen LogP contribution in [0.15, 0.2) is 79.1 Å². The number of aromatic nitrogens is 4. The summed E-state index contributed by atoms with van der Waals surface area (Å²) in [4.78, 5) is 47.2. The summed E-state index contributed by atoms with van der Waals surface area (Å²) in [7, 11) is 3.37. The number of fused-ring (bicyclic) bond motifs is 4. The molecular formula is C39H44N8O3. The molecule has 4 N–H and O–H groups in total. The van der Waals surface area contributed by atoms with E-state index in [9.17, 15) is 9.59 Å². The fraction of sp³-hybridized carbons (Fsp3) is 0.333. The zero-order chi connectivity index (χ0) is 34.9. The molecule has 5 aromatic rings. The van der Waals surface area contributed by atoms with Gasteiger partial charge in [0.25, 0.3) is 0 Å². The van der Waals surface area contributed by atoms with Crippen LogP contribution in [0.5, 0.6) is 0 Å². The third kappa shape index (κ3) is 6.24. The SMILES string of the molecule is COC(=O)N[C@H](C(=O)N1Cc2c(ccc(-c3ccc(-c4cnc([C@@H]5CCCN5)[nH]4)cc3)c2N(C)c2ccccc2)-c2cnc([nH]2)[C@@H]1C)C(C)C. The van der Waals surface area contributed by atoms with Crippen LogP contribution in [-0.4, -0.2) is 63.6 Å². The summed E-state index contributed by atoms with van der Waals surface area (Å²) in [6.45, 7) is 7.11. The van der Waals surface area contributed by atoms with Gasteiger partial charge in [-0.25, -0.2) is 14.8 Å². The number of carbonyl (C=O) groups is 2. The fourth-order valence-electron chi connectivity index (χ4n) is 7.14. The van der Waals surface area contributed by atoms with Gasteiger partial charge in [0.1, 0.15) is 17.7 Å². The number of aromatic amines is 2. The van der Waals surface area contributed by atoms with E-state index in [1.54, 1.807) is 0 Å². The maximum atomic E-state index is 14.4.